The van der Waals surface area contributed by atoms with Crippen molar-refractivity contribution in [3.05, 3.63) is 28.7 Å². The number of carbonyl (C=O) groups is 2. The molecule has 0 aliphatic heterocycles. The Morgan fingerprint density at radius 1 is 1.28 bits per heavy atom. The Morgan fingerprint density at radius 3 is 2.22 bits per heavy atom. The minimum atomic E-state index is -0.974. The first kappa shape index (κ1) is 14.7. The summed E-state index contributed by atoms with van der Waals surface area (Å²) in [4.78, 5) is 24.5. The Bertz CT molecular complexity index is 454. The molecule has 98 valence electrons. The lowest BCUT2D eigenvalue weighted by Gasteiger charge is -2.28. The predicted octanol–water partition coefficient (Wildman–Crippen LogP) is 2.91. The Morgan fingerprint density at radius 2 is 1.78 bits per heavy atom. The smallest absolute Gasteiger partial charge is 0.304 e. The molecule has 0 saturated carbocycles. The van der Waals surface area contributed by atoms with Crippen molar-refractivity contribution in [2.24, 2.45) is 5.41 Å². The van der Waals surface area contributed by atoms with Gasteiger partial charge in [-0.05, 0) is 24.3 Å². The van der Waals surface area contributed by atoms with Gasteiger partial charge in [0.1, 0.15) is 0 Å². The van der Waals surface area contributed by atoms with Gasteiger partial charge in [0.05, 0.1) is 11.8 Å². The van der Waals surface area contributed by atoms with E-state index in [1.807, 2.05) is 12.1 Å². The van der Waals surface area contributed by atoms with Crippen molar-refractivity contribution in [3.8, 4) is 0 Å². The van der Waals surface area contributed by atoms with Crippen LogP contribution in [0.25, 0.3) is 0 Å². The highest BCUT2D eigenvalue weighted by atomic mass is 79.9. The molecule has 0 heterocycles. The maximum Gasteiger partial charge on any atom is 0.304 e. The second-order valence-electron chi connectivity index (χ2n) is 4.79. The van der Waals surface area contributed by atoms with E-state index in [-0.39, 0.29) is 12.3 Å². The summed E-state index contributed by atoms with van der Waals surface area (Å²) in [7, 11) is 1.65. The first-order chi connectivity index (χ1) is 8.24. The van der Waals surface area contributed by atoms with E-state index in [1.165, 1.54) is 4.90 Å². The first-order valence-corrected chi connectivity index (χ1v) is 6.29. The van der Waals surface area contributed by atoms with Crippen molar-refractivity contribution in [1.29, 1.82) is 0 Å². The van der Waals surface area contributed by atoms with E-state index in [9.17, 15) is 9.59 Å². The van der Waals surface area contributed by atoms with E-state index in [0.717, 1.165) is 10.2 Å². The predicted molar refractivity (Wildman–Crippen MR) is 73.6 cm³/mol. The fourth-order valence-electron chi connectivity index (χ4n) is 1.69. The number of hydrogen-bond donors (Lipinski definition) is 1. The van der Waals surface area contributed by atoms with Gasteiger partial charge in [0.25, 0.3) is 0 Å². The number of carbonyl (C=O) groups excluding carboxylic acids is 1. The molecule has 0 atom stereocenters. The van der Waals surface area contributed by atoms with E-state index in [4.69, 9.17) is 5.11 Å². The van der Waals surface area contributed by atoms with Crippen molar-refractivity contribution in [1.82, 2.24) is 0 Å². The molecule has 1 rings (SSSR count). The third-order valence-electron chi connectivity index (χ3n) is 2.69. The van der Waals surface area contributed by atoms with Crippen LogP contribution in [0.5, 0.6) is 0 Å². The number of nitrogens with zero attached hydrogens (tertiary/aromatic N) is 1. The van der Waals surface area contributed by atoms with Crippen LogP contribution in [0.4, 0.5) is 5.69 Å². The number of halogens is 1. The zero-order valence-electron chi connectivity index (χ0n) is 10.6. The van der Waals surface area contributed by atoms with Gasteiger partial charge in [-0.15, -0.1) is 0 Å². The highest BCUT2D eigenvalue weighted by molar-refractivity contribution is 9.10. The van der Waals surface area contributed by atoms with Gasteiger partial charge >= 0.3 is 5.97 Å². The van der Waals surface area contributed by atoms with Crippen LogP contribution < -0.4 is 4.90 Å². The van der Waals surface area contributed by atoms with Crippen LogP contribution in [0.3, 0.4) is 0 Å². The molecular weight excluding hydrogens is 298 g/mol. The quantitative estimate of drug-likeness (QED) is 0.929. The highest BCUT2D eigenvalue weighted by Crippen LogP contribution is 2.26. The van der Waals surface area contributed by atoms with Gasteiger partial charge in [0.2, 0.25) is 5.91 Å². The number of rotatable bonds is 4. The van der Waals surface area contributed by atoms with Gasteiger partial charge in [-0.25, -0.2) is 0 Å². The molecule has 1 amide bonds. The van der Waals surface area contributed by atoms with E-state index in [0.29, 0.717) is 0 Å². The molecule has 0 aliphatic carbocycles. The molecule has 0 spiro atoms. The lowest BCUT2D eigenvalue weighted by molar-refractivity contribution is -0.143. The summed E-state index contributed by atoms with van der Waals surface area (Å²) in [6, 6.07) is 7.28. The van der Waals surface area contributed by atoms with Crippen molar-refractivity contribution in [2.45, 2.75) is 20.3 Å². The molecule has 4 nitrogen and oxygen atoms in total. The van der Waals surface area contributed by atoms with Gasteiger partial charge < -0.3 is 10.0 Å². The minimum absolute atomic E-state index is 0.188. The maximum absolute atomic E-state index is 12.2. The van der Waals surface area contributed by atoms with Gasteiger partial charge in [-0.2, -0.15) is 0 Å². The molecule has 1 aromatic carbocycles. The van der Waals surface area contributed by atoms with Crippen LogP contribution in [-0.2, 0) is 9.59 Å². The van der Waals surface area contributed by atoms with Crippen molar-refractivity contribution < 1.29 is 14.7 Å². The minimum Gasteiger partial charge on any atom is -0.481 e. The Hall–Kier alpha value is -1.36. The zero-order valence-corrected chi connectivity index (χ0v) is 12.2. The van der Waals surface area contributed by atoms with Crippen molar-refractivity contribution in [2.75, 3.05) is 11.9 Å². The average molecular weight is 314 g/mol. The Labute approximate surface area is 115 Å². The Kier molecular flexibility index (Phi) is 4.51. The molecule has 0 unspecified atom stereocenters. The number of hydrogen-bond acceptors (Lipinski definition) is 2. The third-order valence-corrected chi connectivity index (χ3v) is 3.22. The molecule has 0 radical (unpaired) electrons. The largest absolute Gasteiger partial charge is 0.481 e. The lowest BCUT2D eigenvalue weighted by atomic mass is 9.87. The van der Waals surface area contributed by atoms with E-state index >= 15 is 0 Å². The average Bonchev–Trinajstić information content (AvgIpc) is 2.26. The third kappa shape index (κ3) is 3.57. The van der Waals surface area contributed by atoms with E-state index in [1.54, 1.807) is 33.0 Å². The monoisotopic (exact) mass is 313 g/mol. The van der Waals surface area contributed by atoms with Crippen LogP contribution in [0.1, 0.15) is 20.3 Å². The normalized spacial score (nSPS) is 11.1. The summed E-state index contributed by atoms with van der Waals surface area (Å²) in [6.07, 6.45) is -0.188. The molecule has 0 fully saturated rings. The van der Waals surface area contributed by atoms with Gasteiger partial charge in [0.15, 0.2) is 0 Å². The van der Waals surface area contributed by atoms with Crippen molar-refractivity contribution >= 4 is 33.5 Å². The second kappa shape index (κ2) is 5.52. The molecule has 18 heavy (non-hydrogen) atoms. The van der Waals surface area contributed by atoms with Gasteiger partial charge in [0, 0.05) is 17.2 Å². The molecule has 1 aromatic rings. The number of carboxylic acid groups (broad SMARTS) is 1. The molecule has 0 saturated heterocycles. The lowest BCUT2D eigenvalue weighted by Crippen LogP contribution is -2.39. The summed E-state index contributed by atoms with van der Waals surface area (Å²) in [5.74, 6) is -1.19. The van der Waals surface area contributed by atoms with Crippen LogP contribution >= 0.6 is 15.9 Å². The van der Waals surface area contributed by atoms with Gasteiger partial charge in [-0.3, -0.25) is 9.59 Å². The summed E-state index contributed by atoms with van der Waals surface area (Å²) in [5.41, 5.74) is -0.185. The summed E-state index contributed by atoms with van der Waals surface area (Å²) in [5, 5.41) is 8.81. The number of benzene rings is 1. The molecular formula is C13H16BrNO3. The molecule has 0 bridgehead atoms. The standard InChI is InChI=1S/C13H16BrNO3/c1-13(2,8-11(16)17)12(18)15(3)10-6-4-9(14)5-7-10/h4-7H,8H2,1-3H3,(H,16,17). The maximum atomic E-state index is 12.2. The topological polar surface area (TPSA) is 57.6 Å². The first-order valence-electron chi connectivity index (χ1n) is 5.49. The molecule has 0 aliphatic rings. The fourth-order valence-corrected chi connectivity index (χ4v) is 1.95. The van der Waals surface area contributed by atoms with Crippen LogP contribution in [-0.4, -0.2) is 24.0 Å². The number of amides is 1. The second-order valence-corrected chi connectivity index (χ2v) is 5.71. The van der Waals surface area contributed by atoms with Crippen LogP contribution in [0.15, 0.2) is 28.7 Å². The number of carboxylic acids is 1. The summed E-state index contributed by atoms with van der Waals surface area (Å²) >= 11 is 3.32. The fraction of sp³-hybridized carbons (Fsp3) is 0.385. The number of anilines is 1. The van der Waals surface area contributed by atoms with Gasteiger partial charge in [-0.1, -0.05) is 29.8 Å². The summed E-state index contributed by atoms with van der Waals surface area (Å²) < 4.78 is 0.928. The van der Waals surface area contributed by atoms with Crippen LogP contribution in [0, 0.1) is 5.41 Å². The molecule has 5 heteroatoms. The highest BCUT2D eigenvalue weighted by Gasteiger charge is 2.33. The Balaban J connectivity index is 2.89. The van der Waals surface area contributed by atoms with E-state index < -0.39 is 11.4 Å². The SMILES string of the molecule is CN(C(=O)C(C)(C)CC(=O)O)c1ccc(Br)cc1. The number of aliphatic carboxylic acids is 1. The van der Waals surface area contributed by atoms with Crippen LogP contribution in [0.2, 0.25) is 0 Å². The summed E-state index contributed by atoms with van der Waals surface area (Å²) in [6.45, 7) is 3.28. The zero-order chi connectivity index (χ0) is 13.9. The molecule has 1 N–H and O–H groups in total. The van der Waals surface area contributed by atoms with Crippen molar-refractivity contribution in [3.63, 3.8) is 0 Å². The van der Waals surface area contributed by atoms with E-state index in [2.05, 4.69) is 15.9 Å². The molecule has 0 aromatic heterocycles.